The summed E-state index contributed by atoms with van der Waals surface area (Å²) in [5, 5.41) is 8.90. The van der Waals surface area contributed by atoms with Crippen molar-refractivity contribution < 1.29 is 4.74 Å². The molecule has 0 aliphatic heterocycles. The summed E-state index contributed by atoms with van der Waals surface area (Å²) < 4.78 is 5.68. The zero-order valence-electron chi connectivity index (χ0n) is 10.7. The molecule has 0 radical (unpaired) electrons. The molecule has 3 nitrogen and oxygen atoms in total. The van der Waals surface area contributed by atoms with Crippen molar-refractivity contribution in [2.24, 2.45) is 0 Å². The summed E-state index contributed by atoms with van der Waals surface area (Å²) in [7, 11) is 0. The van der Waals surface area contributed by atoms with Crippen molar-refractivity contribution in [2.45, 2.75) is 20.8 Å². The van der Waals surface area contributed by atoms with Gasteiger partial charge in [-0.1, -0.05) is 6.07 Å². The smallest absolute Gasteiger partial charge is 0.220 e. The highest BCUT2D eigenvalue weighted by Crippen LogP contribution is 2.23. The molecule has 3 heteroatoms. The van der Waals surface area contributed by atoms with E-state index in [0.29, 0.717) is 11.4 Å². The van der Waals surface area contributed by atoms with Crippen LogP contribution in [0.25, 0.3) is 0 Å². The second-order valence-electron chi connectivity index (χ2n) is 4.30. The minimum Gasteiger partial charge on any atom is -0.439 e. The number of benzene rings is 1. The summed E-state index contributed by atoms with van der Waals surface area (Å²) in [5.74, 6) is 1.19. The summed E-state index contributed by atoms with van der Waals surface area (Å²) in [4.78, 5) is 4.26. The molecule has 2 rings (SSSR count). The lowest BCUT2D eigenvalue weighted by Crippen LogP contribution is -1.92. The number of hydrogen-bond donors (Lipinski definition) is 0. The van der Waals surface area contributed by atoms with Crippen LogP contribution in [-0.4, -0.2) is 4.98 Å². The van der Waals surface area contributed by atoms with Crippen molar-refractivity contribution in [3.05, 3.63) is 52.7 Å². The monoisotopic (exact) mass is 238 g/mol. The third kappa shape index (κ3) is 2.67. The number of aromatic nitrogens is 1. The highest BCUT2D eigenvalue weighted by molar-refractivity contribution is 5.39. The highest BCUT2D eigenvalue weighted by atomic mass is 16.5. The van der Waals surface area contributed by atoms with Crippen LogP contribution in [0.4, 0.5) is 0 Å². The van der Waals surface area contributed by atoms with Gasteiger partial charge < -0.3 is 4.74 Å². The zero-order chi connectivity index (χ0) is 13.1. The van der Waals surface area contributed by atoms with E-state index in [2.05, 4.69) is 18.0 Å². The summed E-state index contributed by atoms with van der Waals surface area (Å²) in [6, 6.07) is 11.3. The predicted octanol–water partition coefficient (Wildman–Crippen LogP) is 3.67. The SMILES string of the molecule is Cc1cc(C#N)cc(Oc2ccc(C)c(C)c2)n1. The summed E-state index contributed by atoms with van der Waals surface area (Å²) in [5.41, 5.74) is 3.71. The Bertz CT molecular complexity index is 627. The zero-order valence-corrected chi connectivity index (χ0v) is 10.7. The van der Waals surface area contributed by atoms with Gasteiger partial charge in [0.25, 0.3) is 0 Å². The lowest BCUT2D eigenvalue weighted by molar-refractivity contribution is 0.461. The van der Waals surface area contributed by atoms with E-state index in [1.807, 2.05) is 32.0 Å². The van der Waals surface area contributed by atoms with Crippen molar-refractivity contribution in [1.82, 2.24) is 4.98 Å². The molecule has 0 amide bonds. The van der Waals surface area contributed by atoms with E-state index in [0.717, 1.165) is 11.4 Å². The number of hydrogen-bond acceptors (Lipinski definition) is 3. The molecule has 1 aromatic carbocycles. The van der Waals surface area contributed by atoms with Crippen molar-refractivity contribution in [2.75, 3.05) is 0 Å². The van der Waals surface area contributed by atoms with Gasteiger partial charge in [-0.05, 0) is 50.1 Å². The Morgan fingerprint density at radius 2 is 1.83 bits per heavy atom. The number of ether oxygens (including phenoxy) is 1. The van der Waals surface area contributed by atoms with Crippen LogP contribution in [0.3, 0.4) is 0 Å². The molecular formula is C15H14N2O. The first-order valence-corrected chi connectivity index (χ1v) is 5.72. The molecule has 0 atom stereocenters. The molecule has 0 saturated carbocycles. The van der Waals surface area contributed by atoms with Crippen LogP contribution in [-0.2, 0) is 0 Å². The molecule has 1 heterocycles. The Labute approximate surface area is 107 Å². The number of nitrogens with zero attached hydrogens (tertiary/aromatic N) is 2. The fourth-order valence-corrected chi connectivity index (χ4v) is 1.65. The van der Waals surface area contributed by atoms with E-state index in [-0.39, 0.29) is 0 Å². The van der Waals surface area contributed by atoms with Gasteiger partial charge in [0.2, 0.25) is 5.88 Å². The maximum atomic E-state index is 8.90. The van der Waals surface area contributed by atoms with Crippen LogP contribution in [0.2, 0.25) is 0 Å². The Balaban J connectivity index is 2.31. The summed E-state index contributed by atoms with van der Waals surface area (Å²) >= 11 is 0. The summed E-state index contributed by atoms with van der Waals surface area (Å²) in [6.45, 7) is 5.93. The third-order valence-corrected chi connectivity index (χ3v) is 2.76. The average molecular weight is 238 g/mol. The molecule has 0 unspecified atom stereocenters. The van der Waals surface area contributed by atoms with E-state index in [4.69, 9.17) is 10.00 Å². The van der Waals surface area contributed by atoms with Crippen LogP contribution < -0.4 is 4.74 Å². The molecule has 0 bridgehead atoms. The molecule has 0 aliphatic rings. The van der Waals surface area contributed by atoms with Gasteiger partial charge in [-0.2, -0.15) is 5.26 Å². The Kier molecular flexibility index (Phi) is 3.29. The molecule has 0 spiro atoms. The average Bonchev–Trinajstić information content (AvgIpc) is 2.33. The van der Waals surface area contributed by atoms with Crippen LogP contribution in [0, 0.1) is 32.1 Å². The van der Waals surface area contributed by atoms with Gasteiger partial charge in [0.1, 0.15) is 5.75 Å². The second-order valence-corrected chi connectivity index (χ2v) is 4.30. The van der Waals surface area contributed by atoms with E-state index in [9.17, 15) is 0 Å². The first-order valence-electron chi connectivity index (χ1n) is 5.72. The van der Waals surface area contributed by atoms with Gasteiger partial charge in [-0.15, -0.1) is 0 Å². The number of nitriles is 1. The van der Waals surface area contributed by atoms with E-state index in [1.165, 1.54) is 11.1 Å². The van der Waals surface area contributed by atoms with Crippen molar-refractivity contribution in [3.63, 3.8) is 0 Å². The number of rotatable bonds is 2. The van der Waals surface area contributed by atoms with Crippen molar-refractivity contribution in [3.8, 4) is 17.7 Å². The largest absolute Gasteiger partial charge is 0.439 e. The van der Waals surface area contributed by atoms with Gasteiger partial charge in [0.05, 0.1) is 11.6 Å². The fourth-order valence-electron chi connectivity index (χ4n) is 1.65. The molecule has 18 heavy (non-hydrogen) atoms. The van der Waals surface area contributed by atoms with Gasteiger partial charge in [0.15, 0.2) is 0 Å². The quantitative estimate of drug-likeness (QED) is 0.801. The molecule has 0 aliphatic carbocycles. The standard InChI is InChI=1S/C15H14N2O/c1-10-4-5-14(6-11(10)2)18-15-8-13(9-16)7-12(3)17-15/h4-8H,1-3H3. The topological polar surface area (TPSA) is 45.9 Å². The lowest BCUT2D eigenvalue weighted by atomic mass is 10.1. The van der Waals surface area contributed by atoms with Crippen molar-refractivity contribution in [1.29, 1.82) is 5.26 Å². The number of pyridine rings is 1. The van der Waals surface area contributed by atoms with Gasteiger partial charge in [0, 0.05) is 11.8 Å². The molecular weight excluding hydrogens is 224 g/mol. The Morgan fingerprint density at radius 1 is 1.06 bits per heavy atom. The minimum atomic E-state index is 0.454. The molecule has 90 valence electrons. The lowest BCUT2D eigenvalue weighted by Gasteiger charge is -2.08. The predicted molar refractivity (Wildman–Crippen MR) is 69.7 cm³/mol. The maximum absolute atomic E-state index is 8.90. The molecule has 2 aromatic rings. The molecule has 0 saturated heterocycles. The highest BCUT2D eigenvalue weighted by Gasteiger charge is 2.03. The van der Waals surface area contributed by atoms with E-state index < -0.39 is 0 Å². The van der Waals surface area contributed by atoms with Gasteiger partial charge >= 0.3 is 0 Å². The Morgan fingerprint density at radius 3 is 2.50 bits per heavy atom. The first kappa shape index (κ1) is 12.1. The van der Waals surface area contributed by atoms with Crippen LogP contribution in [0.1, 0.15) is 22.4 Å². The normalized spacial score (nSPS) is 9.89. The molecule has 1 aromatic heterocycles. The second kappa shape index (κ2) is 4.89. The molecule has 0 N–H and O–H groups in total. The van der Waals surface area contributed by atoms with E-state index >= 15 is 0 Å². The Hall–Kier alpha value is -2.34. The molecule has 0 fully saturated rings. The summed E-state index contributed by atoms with van der Waals surface area (Å²) in [6.07, 6.45) is 0. The van der Waals surface area contributed by atoms with Gasteiger partial charge in [-0.25, -0.2) is 4.98 Å². The first-order chi connectivity index (χ1) is 8.58. The third-order valence-electron chi connectivity index (χ3n) is 2.76. The van der Waals surface area contributed by atoms with E-state index in [1.54, 1.807) is 12.1 Å². The fraction of sp³-hybridized carbons (Fsp3) is 0.200. The van der Waals surface area contributed by atoms with Crippen LogP contribution in [0.5, 0.6) is 11.6 Å². The van der Waals surface area contributed by atoms with Gasteiger partial charge in [-0.3, -0.25) is 0 Å². The van der Waals surface area contributed by atoms with Crippen molar-refractivity contribution >= 4 is 0 Å². The minimum absolute atomic E-state index is 0.454. The number of aryl methyl sites for hydroxylation is 3. The van der Waals surface area contributed by atoms with Crippen LogP contribution in [0.15, 0.2) is 30.3 Å². The van der Waals surface area contributed by atoms with Crippen LogP contribution >= 0.6 is 0 Å². The maximum Gasteiger partial charge on any atom is 0.220 e.